The van der Waals surface area contributed by atoms with Crippen LogP contribution in [0.1, 0.15) is 40.5 Å². The maximum Gasteiger partial charge on any atom is 0.325 e. The summed E-state index contributed by atoms with van der Waals surface area (Å²) in [5.74, 6) is -0.207. The molecule has 0 rings (SSSR count). The van der Waals surface area contributed by atoms with Gasteiger partial charge in [-0.2, -0.15) is 0 Å². The number of hydrogen-bond donors (Lipinski definition) is 0. The first kappa shape index (κ1) is 14.8. The average molecular weight is 225 g/mol. The number of allylic oxidation sites excluding steroid dienone is 3. The molecule has 92 valence electrons. The molecule has 0 atom stereocenters. The summed E-state index contributed by atoms with van der Waals surface area (Å²) in [7, 11) is 0. The molecule has 0 saturated carbocycles. The van der Waals surface area contributed by atoms with Crippen LogP contribution < -0.4 is 0 Å². The predicted molar refractivity (Wildman–Crippen MR) is 66.8 cm³/mol. The smallest absolute Gasteiger partial charge is 0.325 e. The van der Waals surface area contributed by atoms with Crippen molar-refractivity contribution in [1.82, 2.24) is 4.90 Å². The molecule has 0 spiro atoms. The number of rotatable bonds is 7. The van der Waals surface area contributed by atoms with E-state index in [4.69, 9.17) is 4.74 Å². The third-order valence-electron chi connectivity index (χ3n) is 2.20. The minimum Gasteiger partial charge on any atom is -0.465 e. The highest BCUT2D eigenvalue weighted by Crippen LogP contribution is 2.15. The van der Waals surface area contributed by atoms with Gasteiger partial charge in [-0.25, -0.2) is 0 Å². The summed E-state index contributed by atoms with van der Waals surface area (Å²) in [4.78, 5) is 13.4. The van der Waals surface area contributed by atoms with Crippen molar-refractivity contribution in [3.05, 3.63) is 24.0 Å². The summed E-state index contributed by atoms with van der Waals surface area (Å²) in [5, 5.41) is 0. The fraction of sp³-hybridized carbons (Fsp3) is 0.615. The van der Waals surface area contributed by atoms with E-state index >= 15 is 0 Å². The second kappa shape index (κ2) is 7.97. The topological polar surface area (TPSA) is 29.5 Å². The van der Waals surface area contributed by atoms with Crippen LogP contribution >= 0.6 is 0 Å². The fourth-order valence-corrected chi connectivity index (χ4v) is 1.50. The second-order valence-corrected chi connectivity index (χ2v) is 3.58. The van der Waals surface area contributed by atoms with E-state index in [1.165, 1.54) is 0 Å². The minimum absolute atomic E-state index is 0.207. The van der Waals surface area contributed by atoms with Crippen LogP contribution in [-0.2, 0) is 9.53 Å². The largest absolute Gasteiger partial charge is 0.465 e. The lowest BCUT2D eigenvalue weighted by atomic mass is 10.2. The van der Waals surface area contributed by atoms with Gasteiger partial charge in [0.1, 0.15) is 6.54 Å². The Morgan fingerprint density at radius 2 is 2.00 bits per heavy atom. The lowest BCUT2D eigenvalue weighted by molar-refractivity contribution is -0.143. The van der Waals surface area contributed by atoms with E-state index in [1.807, 2.05) is 18.7 Å². The van der Waals surface area contributed by atoms with Gasteiger partial charge in [0, 0.05) is 11.4 Å². The lowest BCUT2D eigenvalue weighted by Gasteiger charge is -2.26. The van der Waals surface area contributed by atoms with Crippen LogP contribution in [0.25, 0.3) is 0 Å². The van der Waals surface area contributed by atoms with Crippen molar-refractivity contribution in [2.24, 2.45) is 0 Å². The van der Waals surface area contributed by atoms with Gasteiger partial charge in [-0.1, -0.05) is 26.5 Å². The Morgan fingerprint density at radius 1 is 1.38 bits per heavy atom. The molecule has 0 aromatic heterocycles. The van der Waals surface area contributed by atoms with E-state index in [9.17, 15) is 4.79 Å². The highest BCUT2D eigenvalue weighted by atomic mass is 16.5. The zero-order chi connectivity index (χ0) is 12.6. The van der Waals surface area contributed by atoms with Crippen LogP contribution in [0, 0.1) is 0 Å². The van der Waals surface area contributed by atoms with Gasteiger partial charge >= 0.3 is 5.97 Å². The standard InChI is InChI=1S/C13H23NO2/c1-6-9-12(7-2)14(11(4)5)10-13(15)16-8-3/h9H,4,6-8,10H2,1-3,5H3/b12-9+. The highest BCUT2D eigenvalue weighted by molar-refractivity contribution is 5.72. The molecule has 0 aliphatic heterocycles. The monoisotopic (exact) mass is 225 g/mol. The predicted octanol–water partition coefficient (Wildman–Crippen LogP) is 3.09. The van der Waals surface area contributed by atoms with Gasteiger partial charge in [0.25, 0.3) is 0 Å². The van der Waals surface area contributed by atoms with Crippen LogP contribution in [0.4, 0.5) is 0 Å². The first-order chi connectivity index (χ1) is 7.56. The summed E-state index contributed by atoms with van der Waals surface area (Å²) in [6.45, 7) is 12.4. The first-order valence-electron chi connectivity index (χ1n) is 5.84. The Hall–Kier alpha value is -1.25. The van der Waals surface area contributed by atoms with E-state index in [0.29, 0.717) is 6.61 Å². The summed E-state index contributed by atoms with van der Waals surface area (Å²) in [5.41, 5.74) is 2.00. The van der Waals surface area contributed by atoms with Gasteiger partial charge in [0.15, 0.2) is 0 Å². The Kier molecular flexibility index (Phi) is 7.34. The Bertz CT molecular complexity index is 269. The number of nitrogens with zero attached hydrogens (tertiary/aromatic N) is 1. The molecule has 0 saturated heterocycles. The Morgan fingerprint density at radius 3 is 2.38 bits per heavy atom. The zero-order valence-electron chi connectivity index (χ0n) is 10.9. The zero-order valence-corrected chi connectivity index (χ0v) is 10.9. The highest BCUT2D eigenvalue weighted by Gasteiger charge is 2.13. The molecular weight excluding hydrogens is 202 g/mol. The van der Waals surface area contributed by atoms with E-state index in [-0.39, 0.29) is 12.5 Å². The van der Waals surface area contributed by atoms with Crippen molar-refractivity contribution in [2.45, 2.75) is 40.5 Å². The summed E-state index contributed by atoms with van der Waals surface area (Å²) >= 11 is 0. The lowest BCUT2D eigenvalue weighted by Crippen LogP contribution is -2.28. The van der Waals surface area contributed by atoms with Crippen molar-refractivity contribution >= 4 is 5.97 Å². The molecule has 16 heavy (non-hydrogen) atoms. The maximum absolute atomic E-state index is 11.5. The van der Waals surface area contributed by atoms with Gasteiger partial charge in [0.05, 0.1) is 6.61 Å². The second-order valence-electron chi connectivity index (χ2n) is 3.58. The molecule has 3 nitrogen and oxygen atoms in total. The van der Waals surface area contributed by atoms with Crippen LogP contribution in [0.5, 0.6) is 0 Å². The first-order valence-corrected chi connectivity index (χ1v) is 5.84. The SMILES string of the molecule is C=C(C)N(CC(=O)OCC)/C(=C/CC)CC. The number of hydrogen-bond acceptors (Lipinski definition) is 3. The third kappa shape index (κ3) is 5.01. The molecule has 3 heteroatoms. The number of carbonyl (C=O) groups is 1. The van der Waals surface area contributed by atoms with Crippen LogP contribution in [0.15, 0.2) is 24.0 Å². The molecule has 0 fully saturated rings. The van der Waals surface area contributed by atoms with E-state index < -0.39 is 0 Å². The van der Waals surface area contributed by atoms with Crippen LogP contribution in [-0.4, -0.2) is 24.0 Å². The number of esters is 1. The van der Waals surface area contributed by atoms with Gasteiger partial charge in [-0.3, -0.25) is 4.79 Å². The van der Waals surface area contributed by atoms with E-state index in [1.54, 1.807) is 0 Å². The maximum atomic E-state index is 11.5. The molecular formula is C13H23NO2. The molecule has 0 heterocycles. The van der Waals surface area contributed by atoms with E-state index in [2.05, 4.69) is 26.5 Å². The van der Waals surface area contributed by atoms with Crippen LogP contribution in [0.3, 0.4) is 0 Å². The Balaban J connectivity index is 4.66. The number of carbonyl (C=O) groups excluding carboxylic acids is 1. The third-order valence-corrected chi connectivity index (χ3v) is 2.20. The van der Waals surface area contributed by atoms with Gasteiger partial charge in [-0.05, 0) is 26.7 Å². The quantitative estimate of drug-likeness (QED) is 0.624. The summed E-state index contributed by atoms with van der Waals surface area (Å²) in [6.07, 6.45) is 3.96. The molecule has 0 amide bonds. The molecule has 0 unspecified atom stereocenters. The van der Waals surface area contributed by atoms with Crippen molar-refractivity contribution in [1.29, 1.82) is 0 Å². The van der Waals surface area contributed by atoms with E-state index in [0.717, 1.165) is 24.2 Å². The summed E-state index contributed by atoms with van der Waals surface area (Å²) < 4.78 is 4.95. The van der Waals surface area contributed by atoms with Crippen LogP contribution in [0.2, 0.25) is 0 Å². The minimum atomic E-state index is -0.207. The molecule has 0 radical (unpaired) electrons. The van der Waals surface area contributed by atoms with Crippen molar-refractivity contribution in [3.8, 4) is 0 Å². The van der Waals surface area contributed by atoms with Crippen molar-refractivity contribution in [2.75, 3.05) is 13.2 Å². The fourth-order valence-electron chi connectivity index (χ4n) is 1.50. The Labute approximate surface area is 98.8 Å². The molecule has 0 aliphatic carbocycles. The normalized spacial score (nSPS) is 11.1. The van der Waals surface area contributed by atoms with Gasteiger partial charge in [0.2, 0.25) is 0 Å². The number of ether oxygens (including phenoxy) is 1. The molecule has 0 aromatic rings. The van der Waals surface area contributed by atoms with Crippen molar-refractivity contribution < 1.29 is 9.53 Å². The molecule has 0 aromatic carbocycles. The molecule has 0 bridgehead atoms. The van der Waals surface area contributed by atoms with Gasteiger partial charge < -0.3 is 9.64 Å². The van der Waals surface area contributed by atoms with Crippen molar-refractivity contribution in [3.63, 3.8) is 0 Å². The summed E-state index contributed by atoms with van der Waals surface area (Å²) in [6, 6.07) is 0. The van der Waals surface area contributed by atoms with Gasteiger partial charge in [-0.15, -0.1) is 0 Å². The molecule has 0 aliphatic rings. The molecule has 0 N–H and O–H groups in total. The average Bonchev–Trinajstić information content (AvgIpc) is 2.23.